The van der Waals surface area contributed by atoms with Crippen LogP contribution in [0.4, 0.5) is 11.5 Å². The van der Waals surface area contributed by atoms with Crippen LogP contribution in [0.1, 0.15) is 43.6 Å². The molecule has 11 heteroatoms. The summed E-state index contributed by atoms with van der Waals surface area (Å²) in [6.07, 6.45) is 5.05. The molecule has 0 bridgehead atoms. The van der Waals surface area contributed by atoms with Gasteiger partial charge >= 0.3 is 5.97 Å². The summed E-state index contributed by atoms with van der Waals surface area (Å²) < 4.78 is 7.39. The summed E-state index contributed by atoms with van der Waals surface area (Å²) in [5.41, 5.74) is 9.73. The van der Waals surface area contributed by atoms with Gasteiger partial charge < -0.3 is 20.4 Å². The highest BCUT2D eigenvalue weighted by Gasteiger charge is 2.31. The highest BCUT2D eigenvalue weighted by Crippen LogP contribution is 2.26. The number of nitrogens with one attached hydrogen (secondary N) is 2. The second-order valence-electron chi connectivity index (χ2n) is 11.5. The van der Waals surface area contributed by atoms with Crippen molar-refractivity contribution in [2.75, 3.05) is 36.5 Å². The smallest absolute Gasteiger partial charge is 0.328 e. The Labute approximate surface area is 263 Å². The monoisotopic (exact) mass is 610 g/mol. The molecule has 236 valence electrons. The van der Waals surface area contributed by atoms with Gasteiger partial charge in [-0.1, -0.05) is 30.3 Å². The standard InChI is InChI=1S/C34H42N8O3/c1-4-45-34(44)23(2)42(32(43)22-41-19-16-26(17-20-41)38-30-7-5-6-18-37-30)27-13-14-29-28(21-27)39-31(40(29)3)15-10-24-8-11-25(12-9-24)33(35)36/h5-9,11-14,18,21,23,26H,4,10,15-17,19-20,22H2,1-3H3,(H3,35,36)(H,37,38). The van der Waals surface area contributed by atoms with Crippen molar-refractivity contribution in [3.63, 3.8) is 0 Å². The molecule has 3 heterocycles. The van der Waals surface area contributed by atoms with Crippen LogP contribution in [-0.2, 0) is 34.2 Å². The third kappa shape index (κ3) is 7.66. The largest absolute Gasteiger partial charge is 0.464 e. The van der Waals surface area contributed by atoms with Gasteiger partial charge in [0.2, 0.25) is 5.91 Å². The molecule has 2 aromatic carbocycles. The predicted octanol–water partition coefficient (Wildman–Crippen LogP) is 3.90. The van der Waals surface area contributed by atoms with E-state index in [1.54, 1.807) is 24.9 Å². The molecule has 4 N–H and O–H groups in total. The van der Waals surface area contributed by atoms with Crippen molar-refractivity contribution >= 4 is 40.3 Å². The number of nitrogens with two attached hydrogens (primary N) is 1. The van der Waals surface area contributed by atoms with Crippen LogP contribution in [0.5, 0.6) is 0 Å². The molecule has 5 rings (SSSR count). The lowest BCUT2D eigenvalue weighted by Gasteiger charge is -2.34. The van der Waals surface area contributed by atoms with Crippen molar-refractivity contribution < 1.29 is 14.3 Å². The minimum atomic E-state index is -0.792. The average Bonchev–Trinajstić information content (AvgIpc) is 3.36. The number of benzene rings is 2. The second kappa shape index (κ2) is 14.3. The Morgan fingerprint density at radius 2 is 1.87 bits per heavy atom. The molecule has 1 aliphatic rings. The Hall–Kier alpha value is -4.77. The normalized spacial score (nSPS) is 14.6. The molecule has 0 saturated carbocycles. The third-order valence-corrected chi connectivity index (χ3v) is 8.38. The van der Waals surface area contributed by atoms with Crippen molar-refractivity contribution in [2.24, 2.45) is 12.8 Å². The van der Waals surface area contributed by atoms with Gasteiger partial charge in [0.15, 0.2) is 0 Å². The van der Waals surface area contributed by atoms with E-state index in [9.17, 15) is 9.59 Å². The quantitative estimate of drug-likeness (QED) is 0.125. The van der Waals surface area contributed by atoms with E-state index >= 15 is 0 Å². The number of imidazole rings is 1. The zero-order chi connectivity index (χ0) is 31.9. The zero-order valence-corrected chi connectivity index (χ0v) is 26.2. The molecule has 1 aliphatic heterocycles. The SMILES string of the molecule is CCOC(=O)C(C)N(C(=O)CN1CCC(Nc2ccccn2)CC1)c1ccc2c(c1)nc(CCc1ccc(C(=N)N)cc1)n2C. The number of fused-ring (bicyclic) bond motifs is 1. The molecule has 1 fully saturated rings. The Morgan fingerprint density at radius 1 is 1.11 bits per heavy atom. The molecular weight excluding hydrogens is 568 g/mol. The van der Waals surface area contributed by atoms with Crippen LogP contribution in [0.3, 0.4) is 0 Å². The van der Waals surface area contributed by atoms with E-state index in [4.69, 9.17) is 20.9 Å². The Kier molecular flexibility index (Phi) is 10.1. The number of ether oxygens (including phenoxy) is 1. The lowest BCUT2D eigenvalue weighted by Crippen LogP contribution is -2.50. The van der Waals surface area contributed by atoms with Gasteiger partial charge in [0.25, 0.3) is 0 Å². The fourth-order valence-corrected chi connectivity index (χ4v) is 5.83. The van der Waals surface area contributed by atoms with E-state index in [-0.39, 0.29) is 24.9 Å². The summed E-state index contributed by atoms with van der Waals surface area (Å²) in [5.74, 6) is 1.23. The highest BCUT2D eigenvalue weighted by molar-refractivity contribution is 6.01. The van der Waals surface area contributed by atoms with E-state index in [1.807, 2.05) is 67.7 Å². The summed E-state index contributed by atoms with van der Waals surface area (Å²) in [6, 6.07) is 18.7. The van der Waals surface area contributed by atoms with Gasteiger partial charge in [0.05, 0.1) is 24.2 Å². The van der Waals surface area contributed by atoms with Crippen molar-refractivity contribution in [1.82, 2.24) is 19.4 Å². The molecule has 0 radical (unpaired) electrons. The molecule has 4 aromatic rings. The summed E-state index contributed by atoms with van der Waals surface area (Å²) in [7, 11) is 1.99. The minimum Gasteiger partial charge on any atom is -0.464 e. The van der Waals surface area contributed by atoms with Crippen LogP contribution in [-0.4, -0.2) is 75.5 Å². The molecule has 1 atom stereocenters. The number of esters is 1. The predicted molar refractivity (Wildman–Crippen MR) is 176 cm³/mol. The summed E-state index contributed by atoms with van der Waals surface area (Å²) in [4.78, 5) is 39.7. The number of aryl methyl sites for hydroxylation is 3. The first kappa shape index (κ1) is 31.6. The number of amides is 1. The number of pyridine rings is 1. The average molecular weight is 611 g/mol. The van der Waals surface area contributed by atoms with E-state index in [2.05, 4.69) is 19.8 Å². The lowest BCUT2D eigenvalue weighted by atomic mass is 10.0. The number of piperidine rings is 1. The minimum absolute atomic E-state index is 0.0518. The van der Waals surface area contributed by atoms with Gasteiger partial charge in [0.1, 0.15) is 23.5 Å². The maximum Gasteiger partial charge on any atom is 0.328 e. The lowest BCUT2D eigenvalue weighted by molar-refractivity contribution is -0.145. The van der Waals surface area contributed by atoms with E-state index in [0.29, 0.717) is 23.7 Å². The Bertz CT molecular complexity index is 1630. The van der Waals surface area contributed by atoms with Crippen LogP contribution >= 0.6 is 0 Å². The molecular formula is C34H42N8O3. The number of carbonyl (C=O) groups is 2. The number of carbonyl (C=O) groups excluding carboxylic acids is 2. The zero-order valence-electron chi connectivity index (χ0n) is 26.2. The number of hydrogen-bond donors (Lipinski definition) is 3. The van der Waals surface area contributed by atoms with Crippen LogP contribution in [0.15, 0.2) is 66.9 Å². The van der Waals surface area contributed by atoms with Crippen molar-refractivity contribution in [2.45, 2.75) is 51.6 Å². The van der Waals surface area contributed by atoms with E-state index in [0.717, 1.165) is 60.6 Å². The van der Waals surface area contributed by atoms with Crippen molar-refractivity contribution in [1.29, 1.82) is 5.41 Å². The number of aromatic nitrogens is 3. The number of nitrogens with zero attached hydrogens (tertiary/aromatic N) is 5. The van der Waals surface area contributed by atoms with E-state index < -0.39 is 12.0 Å². The first-order valence-corrected chi connectivity index (χ1v) is 15.5. The van der Waals surface area contributed by atoms with Crippen LogP contribution < -0.4 is 16.0 Å². The van der Waals surface area contributed by atoms with Crippen LogP contribution in [0, 0.1) is 5.41 Å². The maximum absolute atomic E-state index is 13.9. The van der Waals surface area contributed by atoms with Gasteiger partial charge in [-0.2, -0.15) is 0 Å². The van der Waals surface area contributed by atoms with Gasteiger partial charge in [-0.15, -0.1) is 0 Å². The summed E-state index contributed by atoms with van der Waals surface area (Å²) in [6.45, 7) is 5.44. The Morgan fingerprint density at radius 3 is 2.53 bits per heavy atom. The van der Waals surface area contributed by atoms with Crippen molar-refractivity contribution in [3.05, 3.63) is 83.8 Å². The number of nitrogen functional groups attached to an aromatic ring is 1. The Balaban J connectivity index is 1.30. The van der Waals surface area contributed by atoms with Gasteiger partial charge in [-0.25, -0.2) is 14.8 Å². The number of rotatable bonds is 12. The topological polar surface area (TPSA) is 142 Å². The first-order chi connectivity index (χ1) is 21.7. The molecule has 1 unspecified atom stereocenters. The molecule has 45 heavy (non-hydrogen) atoms. The van der Waals surface area contributed by atoms with Crippen LogP contribution in [0.25, 0.3) is 11.0 Å². The maximum atomic E-state index is 13.9. The van der Waals surface area contributed by atoms with Crippen molar-refractivity contribution in [3.8, 4) is 0 Å². The fourth-order valence-electron chi connectivity index (χ4n) is 5.83. The number of hydrogen-bond acceptors (Lipinski definition) is 8. The third-order valence-electron chi connectivity index (χ3n) is 8.38. The second-order valence-corrected chi connectivity index (χ2v) is 11.5. The number of amidine groups is 1. The summed E-state index contributed by atoms with van der Waals surface area (Å²) in [5, 5.41) is 11.1. The van der Waals surface area contributed by atoms with Gasteiger partial charge in [-0.3, -0.25) is 20.0 Å². The summed E-state index contributed by atoms with van der Waals surface area (Å²) >= 11 is 0. The van der Waals surface area contributed by atoms with Gasteiger partial charge in [-0.05, 0) is 69.0 Å². The molecule has 1 amide bonds. The first-order valence-electron chi connectivity index (χ1n) is 15.5. The molecule has 0 spiro atoms. The molecule has 2 aromatic heterocycles. The highest BCUT2D eigenvalue weighted by atomic mass is 16.5. The van der Waals surface area contributed by atoms with Crippen LogP contribution in [0.2, 0.25) is 0 Å². The van der Waals surface area contributed by atoms with Gasteiger partial charge in [0, 0.05) is 50.0 Å². The number of anilines is 2. The molecule has 0 aliphatic carbocycles. The number of likely N-dealkylation sites (tertiary alicyclic amines) is 1. The molecule has 1 saturated heterocycles. The molecule has 11 nitrogen and oxygen atoms in total. The van der Waals surface area contributed by atoms with E-state index in [1.165, 1.54) is 0 Å². The fraction of sp³-hybridized carbons (Fsp3) is 0.382.